The summed E-state index contributed by atoms with van der Waals surface area (Å²) in [5.41, 5.74) is 12.2. The summed E-state index contributed by atoms with van der Waals surface area (Å²) in [6.07, 6.45) is 1.63. The summed E-state index contributed by atoms with van der Waals surface area (Å²) in [5, 5.41) is 1.03. The second-order valence-electron chi connectivity index (χ2n) is 5.78. The molecule has 2 unspecified atom stereocenters. The average molecular weight is 285 g/mol. The number of carbonyl (C=O) groups is 1. The van der Waals surface area contributed by atoms with E-state index in [1.54, 1.807) is 0 Å². The fourth-order valence-electron chi connectivity index (χ4n) is 2.85. The Balaban J connectivity index is 1.86. The van der Waals surface area contributed by atoms with E-state index in [1.807, 2.05) is 37.3 Å². The van der Waals surface area contributed by atoms with Gasteiger partial charge in [-0.2, -0.15) is 0 Å². The van der Waals surface area contributed by atoms with Gasteiger partial charge >= 0.3 is 0 Å². The van der Waals surface area contributed by atoms with Crippen molar-refractivity contribution >= 4 is 16.8 Å². The number of ether oxygens (including phenoxy) is 1. The molecule has 0 spiro atoms. The van der Waals surface area contributed by atoms with E-state index < -0.39 is 11.4 Å². The van der Waals surface area contributed by atoms with Crippen LogP contribution in [-0.2, 0) is 4.79 Å². The Labute approximate surface area is 123 Å². The van der Waals surface area contributed by atoms with Crippen LogP contribution in [0.3, 0.4) is 0 Å². The molecule has 0 bridgehead atoms. The first-order valence-corrected chi connectivity index (χ1v) is 7.10. The average Bonchev–Trinajstić information content (AvgIpc) is 2.82. The second-order valence-corrected chi connectivity index (χ2v) is 5.78. The molecule has 5 heteroatoms. The zero-order valence-electron chi connectivity index (χ0n) is 12.0. The van der Waals surface area contributed by atoms with Gasteiger partial charge in [0.05, 0.1) is 5.54 Å². The van der Waals surface area contributed by atoms with Crippen molar-refractivity contribution < 1.29 is 9.53 Å². The first-order valence-electron chi connectivity index (χ1n) is 7.10. The highest BCUT2D eigenvalue weighted by Crippen LogP contribution is 2.33. The number of hydrogen-bond acceptors (Lipinski definition) is 4. The number of nitrogens with zero attached hydrogens (tertiary/aromatic N) is 1. The highest BCUT2D eigenvalue weighted by molar-refractivity contribution is 5.85. The van der Waals surface area contributed by atoms with Crippen molar-refractivity contribution in [2.24, 2.45) is 11.5 Å². The normalized spacial score (nSPS) is 25.1. The molecule has 1 saturated carbocycles. The summed E-state index contributed by atoms with van der Waals surface area (Å²) in [5.74, 6) is 0.274. The number of aromatic nitrogens is 1. The van der Waals surface area contributed by atoms with Crippen LogP contribution in [0.5, 0.6) is 5.75 Å². The van der Waals surface area contributed by atoms with Gasteiger partial charge in [-0.1, -0.05) is 18.2 Å². The molecule has 110 valence electrons. The quantitative estimate of drug-likeness (QED) is 0.897. The molecule has 5 nitrogen and oxygen atoms in total. The van der Waals surface area contributed by atoms with Gasteiger partial charge in [-0.25, -0.2) is 4.98 Å². The van der Waals surface area contributed by atoms with E-state index in [2.05, 4.69) is 4.98 Å². The molecule has 2 atom stereocenters. The number of rotatable bonds is 3. The van der Waals surface area contributed by atoms with Crippen LogP contribution < -0.4 is 16.2 Å². The third-order valence-electron chi connectivity index (χ3n) is 4.11. The Morgan fingerprint density at radius 2 is 2.19 bits per heavy atom. The fraction of sp³-hybridized carbons (Fsp3) is 0.375. The Morgan fingerprint density at radius 1 is 1.38 bits per heavy atom. The minimum absolute atomic E-state index is 0.101. The highest BCUT2D eigenvalue weighted by atomic mass is 16.5. The van der Waals surface area contributed by atoms with Gasteiger partial charge in [0, 0.05) is 17.5 Å². The summed E-state index contributed by atoms with van der Waals surface area (Å²) in [4.78, 5) is 15.9. The topological polar surface area (TPSA) is 91.2 Å². The summed E-state index contributed by atoms with van der Waals surface area (Å²) in [6.45, 7) is 1.95. The minimum Gasteiger partial charge on any atom is -0.488 e. The van der Waals surface area contributed by atoms with Crippen LogP contribution in [0.2, 0.25) is 0 Å². The fourth-order valence-corrected chi connectivity index (χ4v) is 2.85. The monoisotopic (exact) mass is 285 g/mol. The summed E-state index contributed by atoms with van der Waals surface area (Å²) in [7, 11) is 0. The van der Waals surface area contributed by atoms with Crippen molar-refractivity contribution in [3.8, 4) is 5.75 Å². The lowest BCUT2D eigenvalue weighted by molar-refractivity contribution is -0.123. The van der Waals surface area contributed by atoms with Crippen molar-refractivity contribution in [3.05, 3.63) is 36.0 Å². The van der Waals surface area contributed by atoms with Crippen LogP contribution in [0.1, 0.15) is 25.0 Å². The molecule has 1 aliphatic rings. The standard InChI is InChI=1S/C16H19N3O2/c1-10-5-6-11-3-2-4-13(14(11)19-10)21-12-7-8-16(18,9-12)15(17)20/h2-6,12H,7-9,18H2,1H3,(H2,17,20). The SMILES string of the molecule is Cc1ccc2cccc(OC3CCC(N)(C(N)=O)C3)c2n1. The third kappa shape index (κ3) is 2.56. The Kier molecular flexibility index (Phi) is 3.29. The largest absolute Gasteiger partial charge is 0.488 e. The van der Waals surface area contributed by atoms with Crippen LogP contribution in [0, 0.1) is 6.92 Å². The third-order valence-corrected chi connectivity index (χ3v) is 4.11. The lowest BCUT2D eigenvalue weighted by Gasteiger charge is -2.20. The van der Waals surface area contributed by atoms with Gasteiger partial charge in [0.2, 0.25) is 5.91 Å². The molecule has 1 heterocycles. The number of carbonyl (C=O) groups excluding carboxylic acids is 1. The van der Waals surface area contributed by atoms with Crippen LogP contribution in [0.25, 0.3) is 10.9 Å². The van der Waals surface area contributed by atoms with Gasteiger partial charge in [-0.05, 0) is 31.9 Å². The van der Waals surface area contributed by atoms with E-state index in [1.165, 1.54) is 0 Å². The molecule has 4 N–H and O–H groups in total. The number of primary amides is 1. The number of pyridine rings is 1. The molecule has 21 heavy (non-hydrogen) atoms. The van der Waals surface area contributed by atoms with Crippen LogP contribution in [-0.4, -0.2) is 22.5 Å². The molecule has 0 saturated heterocycles. The predicted molar refractivity (Wildman–Crippen MR) is 80.9 cm³/mol. The van der Waals surface area contributed by atoms with E-state index in [0.717, 1.165) is 28.8 Å². The van der Waals surface area contributed by atoms with Gasteiger partial charge < -0.3 is 16.2 Å². The molecule has 1 fully saturated rings. The van der Waals surface area contributed by atoms with Crippen molar-refractivity contribution in [2.75, 3.05) is 0 Å². The van der Waals surface area contributed by atoms with Crippen molar-refractivity contribution in [3.63, 3.8) is 0 Å². The van der Waals surface area contributed by atoms with Gasteiger partial charge in [0.25, 0.3) is 0 Å². The van der Waals surface area contributed by atoms with Gasteiger partial charge in [-0.3, -0.25) is 4.79 Å². The number of nitrogens with two attached hydrogens (primary N) is 2. The highest BCUT2D eigenvalue weighted by Gasteiger charge is 2.41. The first-order chi connectivity index (χ1) is 9.98. The molecule has 3 rings (SSSR count). The number of aryl methyl sites for hydroxylation is 1. The lowest BCUT2D eigenvalue weighted by atomic mass is 9.99. The van der Waals surface area contributed by atoms with Gasteiger partial charge in [0.15, 0.2) is 0 Å². The number of fused-ring (bicyclic) bond motifs is 1. The Bertz CT molecular complexity index is 701. The van der Waals surface area contributed by atoms with Crippen LogP contribution in [0.4, 0.5) is 0 Å². The first kappa shape index (κ1) is 13.8. The summed E-state index contributed by atoms with van der Waals surface area (Å²) in [6, 6.07) is 9.83. The molecule has 0 radical (unpaired) electrons. The van der Waals surface area contributed by atoms with Crippen LogP contribution >= 0.6 is 0 Å². The van der Waals surface area contributed by atoms with Crippen LogP contribution in [0.15, 0.2) is 30.3 Å². The molecule has 0 aliphatic heterocycles. The second kappa shape index (κ2) is 5.00. The summed E-state index contributed by atoms with van der Waals surface area (Å²) >= 11 is 0. The van der Waals surface area contributed by atoms with E-state index >= 15 is 0 Å². The molecule has 1 aromatic heterocycles. The molecule has 1 amide bonds. The lowest BCUT2D eigenvalue weighted by Crippen LogP contribution is -2.50. The Morgan fingerprint density at radius 3 is 2.90 bits per heavy atom. The number of amides is 1. The van der Waals surface area contributed by atoms with Crippen molar-refractivity contribution in [2.45, 2.75) is 37.8 Å². The molecular weight excluding hydrogens is 266 g/mol. The van der Waals surface area contributed by atoms with Crippen molar-refractivity contribution in [1.82, 2.24) is 4.98 Å². The molecule has 2 aromatic rings. The number of benzene rings is 1. The zero-order chi connectivity index (χ0) is 15.0. The van der Waals surface area contributed by atoms with E-state index in [-0.39, 0.29) is 6.10 Å². The Hall–Kier alpha value is -2.14. The molecular formula is C16H19N3O2. The number of para-hydroxylation sites is 1. The minimum atomic E-state index is -0.946. The maximum absolute atomic E-state index is 11.4. The van der Waals surface area contributed by atoms with E-state index in [9.17, 15) is 4.79 Å². The molecule has 1 aliphatic carbocycles. The zero-order valence-corrected chi connectivity index (χ0v) is 12.0. The number of hydrogen-bond donors (Lipinski definition) is 2. The smallest absolute Gasteiger partial charge is 0.237 e. The molecule has 1 aromatic carbocycles. The van der Waals surface area contributed by atoms with E-state index in [0.29, 0.717) is 12.8 Å². The summed E-state index contributed by atoms with van der Waals surface area (Å²) < 4.78 is 6.04. The predicted octanol–water partition coefficient (Wildman–Crippen LogP) is 1.66. The maximum Gasteiger partial charge on any atom is 0.237 e. The van der Waals surface area contributed by atoms with Gasteiger partial charge in [0.1, 0.15) is 17.4 Å². The maximum atomic E-state index is 11.4. The van der Waals surface area contributed by atoms with E-state index in [4.69, 9.17) is 16.2 Å². The van der Waals surface area contributed by atoms with Crippen molar-refractivity contribution in [1.29, 1.82) is 0 Å². The van der Waals surface area contributed by atoms with Gasteiger partial charge in [-0.15, -0.1) is 0 Å².